The average Bonchev–Trinajstić information content (AvgIpc) is 2.72. The number of benzene rings is 2. The van der Waals surface area contributed by atoms with E-state index in [-0.39, 0.29) is 16.4 Å². The van der Waals surface area contributed by atoms with Crippen LogP contribution >= 0.6 is 0 Å². The highest BCUT2D eigenvalue weighted by molar-refractivity contribution is 7.89. The molecule has 0 unspecified atom stereocenters. The number of nitrogens with zero attached hydrogens (tertiary/aromatic N) is 2. The highest BCUT2D eigenvalue weighted by atomic mass is 32.2. The van der Waals surface area contributed by atoms with Gasteiger partial charge in [-0.2, -0.15) is 0 Å². The maximum atomic E-state index is 12.4. The summed E-state index contributed by atoms with van der Waals surface area (Å²) in [6.07, 6.45) is 0. The Morgan fingerprint density at radius 2 is 1.61 bits per heavy atom. The van der Waals surface area contributed by atoms with Gasteiger partial charge < -0.3 is 9.64 Å². The van der Waals surface area contributed by atoms with E-state index in [1.807, 2.05) is 25.1 Å². The zero-order chi connectivity index (χ0) is 20.7. The molecule has 2 rings (SSSR count). The largest absolute Gasteiger partial charge is 0.452 e. The lowest BCUT2D eigenvalue weighted by Gasteiger charge is -2.20. The summed E-state index contributed by atoms with van der Waals surface area (Å²) in [5, 5.41) is 0. The van der Waals surface area contributed by atoms with Crippen LogP contribution in [0.2, 0.25) is 0 Å². The van der Waals surface area contributed by atoms with Crippen LogP contribution < -0.4 is 4.90 Å². The van der Waals surface area contributed by atoms with Crippen LogP contribution in [0.25, 0.3) is 0 Å². The first-order valence-corrected chi connectivity index (χ1v) is 9.91. The van der Waals surface area contributed by atoms with Crippen LogP contribution in [0.15, 0.2) is 59.5 Å². The number of hydrogen-bond acceptors (Lipinski definition) is 6. The second-order valence-corrected chi connectivity index (χ2v) is 7.61. The lowest BCUT2D eigenvalue weighted by Crippen LogP contribution is -2.34. The first kappa shape index (κ1) is 21.5. The standard InChI is InChI=1S/C19H22N2O6S/c1-4-21(16-8-6-5-7-9-16)18(22)14-27-19(23)15-10-12-17(13-11-15)28(24,25)20(2)26-3/h5-13H,4,14H2,1-3H3. The summed E-state index contributed by atoms with van der Waals surface area (Å²) in [6, 6.07) is 14.2. The monoisotopic (exact) mass is 406 g/mol. The van der Waals surface area contributed by atoms with Crippen molar-refractivity contribution in [1.29, 1.82) is 0 Å². The van der Waals surface area contributed by atoms with Crippen molar-refractivity contribution in [1.82, 2.24) is 4.47 Å². The fraction of sp³-hybridized carbons (Fsp3) is 0.263. The van der Waals surface area contributed by atoms with Crippen molar-refractivity contribution in [3.05, 3.63) is 60.2 Å². The van der Waals surface area contributed by atoms with E-state index in [2.05, 4.69) is 0 Å². The molecule has 2 aromatic rings. The molecule has 9 heteroatoms. The number of esters is 1. The molecule has 28 heavy (non-hydrogen) atoms. The summed E-state index contributed by atoms with van der Waals surface area (Å²) in [5.41, 5.74) is 0.845. The fourth-order valence-corrected chi connectivity index (χ4v) is 3.38. The van der Waals surface area contributed by atoms with Crippen LogP contribution in [0.3, 0.4) is 0 Å². The summed E-state index contributed by atoms with van der Waals surface area (Å²) in [6.45, 7) is 1.83. The average molecular weight is 406 g/mol. The van der Waals surface area contributed by atoms with Crippen LogP contribution in [-0.4, -0.2) is 52.1 Å². The topological polar surface area (TPSA) is 93.2 Å². The van der Waals surface area contributed by atoms with E-state index in [0.29, 0.717) is 16.7 Å². The van der Waals surface area contributed by atoms with Crippen molar-refractivity contribution < 1.29 is 27.6 Å². The third-order valence-electron chi connectivity index (χ3n) is 4.00. The molecule has 0 saturated carbocycles. The summed E-state index contributed by atoms with van der Waals surface area (Å²) in [4.78, 5) is 30.7. The fourth-order valence-electron chi connectivity index (χ4n) is 2.41. The number of sulfonamides is 1. The smallest absolute Gasteiger partial charge is 0.338 e. The number of amides is 1. The molecule has 0 N–H and O–H groups in total. The maximum absolute atomic E-state index is 12.4. The van der Waals surface area contributed by atoms with Crippen molar-refractivity contribution in [2.75, 3.05) is 32.2 Å². The van der Waals surface area contributed by atoms with E-state index in [0.717, 1.165) is 0 Å². The van der Waals surface area contributed by atoms with Gasteiger partial charge in [0.15, 0.2) is 6.61 Å². The quantitative estimate of drug-likeness (QED) is 0.492. The van der Waals surface area contributed by atoms with Crippen molar-refractivity contribution >= 4 is 27.6 Å². The van der Waals surface area contributed by atoms with Gasteiger partial charge in [0.25, 0.3) is 15.9 Å². The van der Waals surface area contributed by atoms with E-state index in [4.69, 9.17) is 9.57 Å². The first-order chi connectivity index (χ1) is 13.3. The van der Waals surface area contributed by atoms with Gasteiger partial charge in [0.2, 0.25) is 0 Å². The van der Waals surface area contributed by atoms with E-state index in [1.165, 1.54) is 43.3 Å². The summed E-state index contributed by atoms with van der Waals surface area (Å²) in [7, 11) is -1.31. The van der Waals surface area contributed by atoms with E-state index < -0.39 is 22.6 Å². The van der Waals surface area contributed by atoms with Gasteiger partial charge in [-0.05, 0) is 43.3 Å². The van der Waals surface area contributed by atoms with Gasteiger partial charge in [-0.3, -0.25) is 9.63 Å². The lowest BCUT2D eigenvalue weighted by molar-refractivity contribution is -0.121. The molecule has 0 spiro atoms. The Labute approximate surface area is 164 Å². The normalized spacial score (nSPS) is 11.3. The lowest BCUT2D eigenvalue weighted by atomic mass is 10.2. The van der Waals surface area contributed by atoms with E-state index in [1.54, 1.807) is 12.1 Å². The Kier molecular flexibility index (Phi) is 7.27. The van der Waals surface area contributed by atoms with Crippen molar-refractivity contribution in [2.24, 2.45) is 0 Å². The molecule has 0 heterocycles. The van der Waals surface area contributed by atoms with E-state index >= 15 is 0 Å². The molecule has 150 valence electrons. The number of likely N-dealkylation sites (N-methyl/N-ethyl adjacent to an activating group) is 1. The van der Waals surface area contributed by atoms with Gasteiger partial charge in [-0.15, -0.1) is 0 Å². The molecule has 0 fully saturated rings. The number of carbonyl (C=O) groups excluding carboxylic acids is 2. The Morgan fingerprint density at radius 3 is 2.14 bits per heavy atom. The number of hydrogen-bond donors (Lipinski definition) is 0. The molecule has 1 amide bonds. The van der Waals surface area contributed by atoms with Gasteiger partial charge in [0, 0.05) is 19.3 Å². The summed E-state index contributed by atoms with van der Waals surface area (Å²) in [5.74, 6) is -1.08. The minimum atomic E-state index is -3.80. The number of para-hydroxylation sites is 1. The van der Waals surface area contributed by atoms with Gasteiger partial charge >= 0.3 is 5.97 Å². The Hall–Kier alpha value is -2.75. The summed E-state index contributed by atoms with van der Waals surface area (Å²) < 4.78 is 30.1. The Morgan fingerprint density at radius 1 is 1.00 bits per heavy atom. The van der Waals surface area contributed by atoms with Crippen molar-refractivity contribution in [3.63, 3.8) is 0 Å². The Bertz CT molecular complexity index is 913. The SMILES string of the molecule is CCN(C(=O)COC(=O)c1ccc(S(=O)(=O)N(C)OC)cc1)c1ccccc1. The third kappa shape index (κ3) is 4.94. The number of hydroxylamine groups is 1. The molecule has 0 aliphatic rings. The predicted octanol–water partition coefficient (Wildman–Crippen LogP) is 2.08. The van der Waals surface area contributed by atoms with Crippen LogP contribution in [0.1, 0.15) is 17.3 Å². The highest BCUT2D eigenvalue weighted by Gasteiger charge is 2.22. The molecule has 8 nitrogen and oxygen atoms in total. The van der Waals surface area contributed by atoms with Gasteiger partial charge in [-0.25, -0.2) is 13.2 Å². The minimum Gasteiger partial charge on any atom is -0.452 e. The molecule has 0 radical (unpaired) electrons. The van der Waals surface area contributed by atoms with Crippen LogP contribution in [0.5, 0.6) is 0 Å². The molecule has 0 saturated heterocycles. The second-order valence-electron chi connectivity index (χ2n) is 5.67. The van der Waals surface area contributed by atoms with Crippen LogP contribution in [-0.2, 0) is 24.4 Å². The summed E-state index contributed by atoms with van der Waals surface area (Å²) >= 11 is 0. The highest BCUT2D eigenvalue weighted by Crippen LogP contribution is 2.16. The number of ether oxygens (including phenoxy) is 1. The zero-order valence-electron chi connectivity index (χ0n) is 15.9. The molecular weight excluding hydrogens is 384 g/mol. The molecule has 0 atom stereocenters. The maximum Gasteiger partial charge on any atom is 0.338 e. The third-order valence-corrected chi connectivity index (χ3v) is 5.69. The zero-order valence-corrected chi connectivity index (χ0v) is 16.7. The number of carbonyl (C=O) groups is 2. The molecule has 0 aliphatic carbocycles. The van der Waals surface area contributed by atoms with Crippen LogP contribution in [0, 0.1) is 0 Å². The predicted molar refractivity (Wildman–Crippen MR) is 103 cm³/mol. The Balaban J connectivity index is 2.02. The van der Waals surface area contributed by atoms with Gasteiger partial charge in [-0.1, -0.05) is 22.7 Å². The molecular formula is C19H22N2O6S. The minimum absolute atomic E-state index is 0.0364. The molecule has 0 bridgehead atoms. The van der Waals surface area contributed by atoms with Crippen molar-refractivity contribution in [2.45, 2.75) is 11.8 Å². The van der Waals surface area contributed by atoms with E-state index in [9.17, 15) is 18.0 Å². The first-order valence-electron chi connectivity index (χ1n) is 8.47. The molecule has 0 aromatic heterocycles. The van der Waals surface area contributed by atoms with Crippen LogP contribution in [0.4, 0.5) is 5.69 Å². The number of rotatable bonds is 8. The second kappa shape index (κ2) is 9.45. The number of anilines is 1. The van der Waals surface area contributed by atoms with Crippen molar-refractivity contribution in [3.8, 4) is 0 Å². The molecule has 2 aromatic carbocycles. The van der Waals surface area contributed by atoms with Gasteiger partial charge in [0.05, 0.1) is 17.6 Å². The van der Waals surface area contributed by atoms with Gasteiger partial charge in [0.1, 0.15) is 0 Å². The molecule has 0 aliphatic heterocycles.